The fraction of sp³-hybridized carbons (Fsp3) is 0.407. The number of carbonyl (C=O) groups is 3. The Morgan fingerprint density at radius 3 is 2.74 bits per heavy atom. The molecule has 1 aliphatic carbocycles. The van der Waals surface area contributed by atoms with E-state index in [9.17, 15) is 19.6 Å². The summed E-state index contributed by atoms with van der Waals surface area (Å²) < 4.78 is 6.41. The van der Waals surface area contributed by atoms with Gasteiger partial charge in [0, 0.05) is 31.1 Å². The van der Waals surface area contributed by atoms with Gasteiger partial charge in [-0.25, -0.2) is 0 Å². The van der Waals surface area contributed by atoms with E-state index in [1.54, 1.807) is 11.0 Å². The van der Waals surface area contributed by atoms with Crippen LogP contribution in [0.4, 0.5) is 0 Å². The number of amides is 3. The summed E-state index contributed by atoms with van der Waals surface area (Å²) in [5.74, 6) is -0.182. The van der Waals surface area contributed by atoms with Gasteiger partial charge in [-0.3, -0.25) is 19.7 Å². The highest BCUT2D eigenvalue weighted by Crippen LogP contribution is 2.32. The van der Waals surface area contributed by atoms with E-state index in [1.807, 2.05) is 36.4 Å². The topological polar surface area (TPSA) is 112 Å². The summed E-state index contributed by atoms with van der Waals surface area (Å²) in [7, 11) is 0. The molecule has 8 heteroatoms. The molecule has 1 saturated carbocycles. The Bertz CT molecular complexity index is 1200. The van der Waals surface area contributed by atoms with Gasteiger partial charge in [-0.1, -0.05) is 24.6 Å². The Hall–Kier alpha value is -3.70. The minimum Gasteiger partial charge on any atom is -0.489 e. The van der Waals surface area contributed by atoms with Gasteiger partial charge < -0.3 is 15.0 Å². The van der Waals surface area contributed by atoms with Crippen LogP contribution >= 0.6 is 0 Å². The normalized spacial score (nSPS) is 24.0. The molecule has 2 N–H and O–H groups in total. The number of benzene rings is 2. The van der Waals surface area contributed by atoms with Crippen molar-refractivity contribution in [3.63, 3.8) is 0 Å². The molecule has 0 aromatic heterocycles. The van der Waals surface area contributed by atoms with Crippen molar-refractivity contribution in [2.24, 2.45) is 0 Å². The maximum atomic E-state index is 12.9. The van der Waals surface area contributed by atoms with Crippen LogP contribution in [0.1, 0.15) is 65.6 Å². The van der Waals surface area contributed by atoms with Gasteiger partial charge in [-0.05, 0) is 61.1 Å². The first-order chi connectivity index (χ1) is 17.0. The summed E-state index contributed by atoms with van der Waals surface area (Å²) in [4.78, 5) is 38.3. The largest absolute Gasteiger partial charge is 0.489 e. The number of nitrogens with zero attached hydrogens (tertiary/aromatic N) is 2. The minimum atomic E-state index is -0.625. The zero-order valence-electron chi connectivity index (χ0n) is 19.5. The standard InChI is InChI=1S/C27H28N4O4/c28-14-17-5-1-2-6-18(17)15-29-22-7-3-4-8-24(22)35-20-9-10-21-19(13-20)16-31(27(21)34)23-11-12-25(32)30-26(23)33/h1-2,5-6,9-10,13,22-24,29H,3-4,7-8,11-12,15-16H2,(H,30,32,33)/t22-,23?,24+/m0/s1. The SMILES string of the molecule is N#Cc1ccccc1CN[C@H]1CCCC[C@H]1Oc1ccc2c(c1)CN(C1CCC(=O)NC1=O)C2=O. The van der Waals surface area contributed by atoms with Gasteiger partial charge in [-0.15, -0.1) is 0 Å². The molecule has 3 atom stereocenters. The lowest BCUT2D eigenvalue weighted by Gasteiger charge is -2.33. The molecule has 3 aliphatic rings. The number of fused-ring (bicyclic) bond motifs is 1. The van der Waals surface area contributed by atoms with E-state index in [0.29, 0.717) is 36.4 Å². The van der Waals surface area contributed by atoms with Crippen molar-refractivity contribution in [2.45, 2.75) is 69.8 Å². The summed E-state index contributed by atoms with van der Waals surface area (Å²) >= 11 is 0. The first-order valence-electron chi connectivity index (χ1n) is 12.2. The van der Waals surface area contributed by atoms with Crippen LogP contribution in [-0.4, -0.2) is 40.8 Å². The smallest absolute Gasteiger partial charge is 0.255 e. The molecular formula is C27H28N4O4. The molecule has 180 valence electrons. The van der Waals surface area contributed by atoms with Crippen molar-refractivity contribution in [3.8, 4) is 11.8 Å². The van der Waals surface area contributed by atoms with Gasteiger partial charge in [0.25, 0.3) is 5.91 Å². The number of hydrogen-bond acceptors (Lipinski definition) is 6. The molecule has 2 aromatic rings. The number of hydrogen-bond donors (Lipinski definition) is 2. The van der Waals surface area contributed by atoms with Crippen LogP contribution in [0, 0.1) is 11.3 Å². The second kappa shape index (κ2) is 9.88. The lowest BCUT2D eigenvalue weighted by Crippen LogP contribution is -2.52. The summed E-state index contributed by atoms with van der Waals surface area (Å²) in [6.07, 6.45) is 4.70. The second-order valence-corrected chi connectivity index (χ2v) is 9.42. The van der Waals surface area contributed by atoms with Gasteiger partial charge >= 0.3 is 0 Å². The molecule has 8 nitrogen and oxygen atoms in total. The average molecular weight is 473 g/mol. The van der Waals surface area contributed by atoms with Gasteiger partial charge in [0.1, 0.15) is 17.9 Å². The first-order valence-corrected chi connectivity index (χ1v) is 12.2. The van der Waals surface area contributed by atoms with Crippen LogP contribution in [0.5, 0.6) is 5.75 Å². The van der Waals surface area contributed by atoms with E-state index >= 15 is 0 Å². The van der Waals surface area contributed by atoms with Crippen LogP contribution < -0.4 is 15.4 Å². The molecule has 2 aromatic carbocycles. The minimum absolute atomic E-state index is 0.0145. The third-order valence-electron chi connectivity index (χ3n) is 7.18. The number of piperidine rings is 1. The van der Waals surface area contributed by atoms with Gasteiger partial charge in [0.05, 0.1) is 11.6 Å². The Morgan fingerprint density at radius 2 is 1.91 bits per heavy atom. The zero-order chi connectivity index (χ0) is 24.4. The van der Waals surface area contributed by atoms with Gasteiger partial charge in [-0.2, -0.15) is 5.26 Å². The predicted molar refractivity (Wildman–Crippen MR) is 127 cm³/mol. The Kier molecular flexibility index (Phi) is 6.51. The quantitative estimate of drug-likeness (QED) is 0.626. The summed E-state index contributed by atoms with van der Waals surface area (Å²) in [5.41, 5.74) is 3.06. The maximum absolute atomic E-state index is 12.9. The lowest BCUT2D eigenvalue weighted by atomic mass is 9.92. The van der Waals surface area contributed by atoms with Gasteiger partial charge in [0.15, 0.2) is 0 Å². The maximum Gasteiger partial charge on any atom is 0.255 e. The van der Waals surface area contributed by atoms with Gasteiger partial charge in [0.2, 0.25) is 11.8 Å². The molecular weight excluding hydrogens is 444 g/mol. The molecule has 1 saturated heterocycles. The number of carbonyl (C=O) groups excluding carboxylic acids is 3. The number of ether oxygens (including phenoxy) is 1. The van der Waals surface area contributed by atoms with E-state index in [-0.39, 0.29) is 30.4 Å². The zero-order valence-corrected chi connectivity index (χ0v) is 19.5. The molecule has 2 aliphatic heterocycles. The van der Waals surface area contributed by atoms with Crippen molar-refractivity contribution in [3.05, 3.63) is 64.7 Å². The fourth-order valence-electron chi connectivity index (χ4n) is 5.29. The molecule has 2 heterocycles. The van der Waals surface area contributed by atoms with E-state index < -0.39 is 11.9 Å². The van der Waals surface area contributed by atoms with Crippen molar-refractivity contribution in [1.29, 1.82) is 5.26 Å². The highest BCUT2D eigenvalue weighted by atomic mass is 16.5. The number of nitrogens with one attached hydrogen (secondary N) is 2. The van der Waals surface area contributed by atoms with Crippen LogP contribution in [0.15, 0.2) is 42.5 Å². The highest BCUT2D eigenvalue weighted by molar-refractivity contribution is 6.05. The third kappa shape index (κ3) is 4.77. The van der Waals surface area contributed by atoms with Crippen LogP contribution in [0.2, 0.25) is 0 Å². The molecule has 0 radical (unpaired) electrons. The van der Waals surface area contributed by atoms with E-state index in [4.69, 9.17) is 4.74 Å². The average Bonchev–Trinajstić information content (AvgIpc) is 3.19. The number of imide groups is 1. The Labute approximate surface area is 204 Å². The monoisotopic (exact) mass is 472 g/mol. The lowest BCUT2D eigenvalue weighted by molar-refractivity contribution is -0.136. The highest BCUT2D eigenvalue weighted by Gasteiger charge is 2.39. The fourth-order valence-corrected chi connectivity index (χ4v) is 5.29. The third-order valence-corrected chi connectivity index (χ3v) is 7.18. The molecule has 1 unspecified atom stereocenters. The van der Waals surface area contributed by atoms with Crippen LogP contribution in [0.3, 0.4) is 0 Å². The van der Waals surface area contributed by atoms with E-state index in [1.165, 1.54) is 0 Å². The van der Waals surface area contributed by atoms with Crippen molar-refractivity contribution >= 4 is 17.7 Å². The van der Waals surface area contributed by atoms with E-state index in [0.717, 1.165) is 36.8 Å². The van der Waals surface area contributed by atoms with Crippen molar-refractivity contribution in [1.82, 2.24) is 15.5 Å². The summed E-state index contributed by atoms with van der Waals surface area (Å²) in [6, 6.07) is 14.9. The summed E-state index contributed by atoms with van der Waals surface area (Å²) in [6.45, 7) is 0.933. The van der Waals surface area contributed by atoms with Crippen LogP contribution in [-0.2, 0) is 22.7 Å². The van der Waals surface area contributed by atoms with E-state index in [2.05, 4.69) is 16.7 Å². The van der Waals surface area contributed by atoms with Crippen molar-refractivity contribution < 1.29 is 19.1 Å². The van der Waals surface area contributed by atoms with Crippen molar-refractivity contribution in [2.75, 3.05) is 0 Å². The first kappa shape index (κ1) is 23.1. The molecule has 5 rings (SSSR count). The second-order valence-electron chi connectivity index (χ2n) is 9.42. The summed E-state index contributed by atoms with van der Waals surface area (Å²) in [5, 5.41) is 15.3. The molecule has 0 spiro atoms. The number of rotatable bonds is 6. The van der Waals surface area contributed by atoms with Crippen LogP contribution in [0.25, 0.3) is 0 Å². The Morgan fingerprint density at radius 1 is 1.09 bits per heavy atom. The number of nitriles is 1. The molecule has 3 amide bonds. The Balaban J connectivity index is 1.26. The molecule has 35 heavy (non-hydrogen) atoms. The molecule has 0 bridgehead atoms. The molecule has 2 fully saturated rings. The predicted octanol–water partition coefficient (Wildman–Crippen LogP) is 2.80.